The second-order valence-electron chi connectivity index (χ2n) is 2.89. The zero-order valence-electron chi connectivity index (χ0n) is 7.87. The number of allylic oxidation sites excluding steroid dienone is 1. The minimum Gasteiger partial charge on any atom is -0.361 e. The van der Waals surface area contributed by atoms with E-state index in [0.717, 1.165) is 11.3 Å². The molecule has 0 spiro atoms. The Balaban J connectivity index is 2.62. The van der Waals surface area contributed by atoms with Gasteiger partial charge in [0.25, 0.3) is 0 Å². The molecule has 0 radical (unpaired) electrons. The van der Waals surface area contributed by atoms with Crippen LogP contribution in [0.15, 0.2) is 42.1 Å². The molecule has 68 valence electrons. The normalized spacial score (nSPS) is 11.1. The number of para-hydroxylation sites is 1. The average molecular weight is 175 g/mol. The minimum absolute atomic E-state index is 0.0865. The van der Waals surface area contributed by atoms with E-state index in [4.69, 9.17) is 0 Å². The highest BCUT2D eigenvalue weighted by atomic mass is 16.1. The molecule has 0 aliphatic rings. The molecule has 0 heterocycles. The number of hydrogen-bond donors (Lipinski definition) is 1. The van der Waals surface area contributed by atoms with Gasteiger partial charge in [0.15, 0.2) is 5.78 Å². The number of carbonyl (C=O) groups excluding carboxylic acids is 1. The Bertz CT molecular complexity index is 314. The Morgan fingerprint density at radius 1 is 1.23 bits per heavy atom. The van der Waals surface area contributed by atoms with Gasteiger partial charge >= 0.3 is 0 Å². The monoisotopic (exact) mass is 175 g/mol. The fourth-order valence-corrected chi connectivity index (χ4v) is 0.828. The van der Waals surface area contributed by atoms with Gasteiger partial charge in [-0.25, -0.2) is 0 Å². The molecule has 0 atom stereocenters. The van der Waals surface area contributed by atoms with E-state index < -0.39 is 0 Å². The van der Waals surface area contributed by atoms with Crippen LogP contribution >= 0.6 is 0 Å². The summed E-state index contributed by atoms with van der Waals surface area (Å²) in [6.07, 6.45) is 1.72. The molecule has 0 aliphatic carbocycles. The fraction of sp³-hybridized carbons (Fsp3) is 0.182. The smallest absolute Gasteiger partial charge is 0.156 e. The molecule has 2 heteroatoms. The summed E-state index contributed by atoms with van der Waals surface area (Å²) < 4.78 is 0. The lowest BCUT2D eigenvalue weighted by atomic mass is 10.2. The van der Waals surface area contributed by atoms with Crippen LogP contribution in [0.5, 0.6) is 0 Å². The Labute approximate surface area is 78.3 Å². The van der Waals surface area contributed by atoms with Gasteiger partial charge in [-0.15, -0.1) is 0 Å². The Hall–Kier alpha value is -1.57. The molecular weight excluding hydrogens is 162 g/mol. The standard InChI is InChI=1S/C11H13NO/c1-9(10(2)13)8-12-11-6-4-3-5-7-11/h3-8,12H,1-2H3. The maximum atomic E-state index is 10.9. The third kappa shape index (κ3) is 3.11. The van der Waals surface area contributed by atoms with Gasteiger partial charge in [0.2, 0.25) is 0 Å². The number of benzene rings is 1. The molecule has 0 aromatic heterocycles. The van der Waals surface area contributed by atoms with Crippen molar-refractivity contribution in [2.45, 2.75) is 13.8 Å². The van der Waals surface area contributed by atoms with Crippen molar-refractivity contribution in [1.29, 1.82) is 0 Å². The number of Topliss-reactive ketones (excluding diaryl/α,β-unsaturated/α-hetero) is 1. The molecule has 1 aromatic rings. The van der Waals surface area contributed by atoms with Crippen molar-refractivity contribution in [3.8, 4) is 0 Å². The van der Waals surface area contributed by atoms with Crippen LogP contribution in [-0.2, 0) is 4.79 Å². The zero-order chi connectivity index (χ0) is 9.68. The quantitative estimate of drug-likeness (QED) is 0.715. The molecule has 0 saturated carbocycles. The molecule has 1 aromatic carbocycles. The van der Waals surface area contributed by atoms with Crippen LogP contribution in [-0.4, -0.2) is 5.78 Å². The first-order valence-electron chi connectivity index (χ1n) is 4.19. The van der Waals surface area contributed by atoms with Crippen LogP contribution < -0.4 is 5.32 Å². The van der Waals surface area contributed by atoms with Gasteiger partial charge in [0.1, 0.15) is 0 Å². The number of rotatable bonds is 3. The number of nitrogens with one attached hydrogen (secondary N) is 1. The average Bonchev–Trinajstić information content (AvgIpc) is 2.15. The largest absolute Gasteiger partial charge is 0.361 e. The Morgan fingerprint density at radius 3 is 2.38 bits per heavy atom. The first kappa shape index (κ1) is 9.52. The van der Waals surface area contributed by atoms with E-state index in [1.54, 1.807) is 20.0 Å². The molecule has 13 heavy (non-hydrogen) atoms. The zero-order valence-corrected chi connectivity index (χ0v) is 7.87. The molecule has 0 fully saturated rings. The molecule has 0 unspecified atom stereocenters. The van der Waals surface area contributed by atoms with Crippen molar-refractivity contribution in [3.63, 3.8) is 0 Å². The second kappa shape index (κ2) is 4.45. The van der Waals surface area contributed by atoms with Crippen molar-refractivity contribution in [2.75, 3.05) is 5.32 Å². The van der Waals surface area contributed by atoms with E-state index in [1.165, 1.54) is 0 Å². The number of hydrogen-bond acceptors (Lipinski definition) is 2. The van der Waals surface area contributed by atoms with E-state index >= 15 is 0 Å². The summed E-state index contributed by atoms with van der Waals surface area (Å²) in [5.41, 5.74) is 1.71. The number of carbonyl (C=O) groups is 1. The SMILES string of the molecule is CC(=O)C(C)=CNc1ccccc1. The van der Waals surface area contributed by atoms with Crippen LogP contribution in [0, 0.1) is 0 Å². The van der Waals surface area contributed by atoms with Gasteiger partial charge < -0.3 is 5.32 Å². The first-order chi connectivity index (χ1) is 6.20. The summed E-state index contributed by atoms with van der Waals surface area (Å²) in [4.78, 5) is 10.9. The molecule has 1 rings (SSSR count). The topological polar surface area (TPSA) is 29.1 Å². The van der Waals surface area contributed by atoms with Crippen LogP contribution in [0.3, 0.4) is 0 Å². The van der Waals surface area contributed by atoms with Gasteiger partial charge in [0, 0.05) is 17.5 Å². The first-order valence-corrected chi connectivity index (χ1v) is 4.19. The van der Waals surface area contributed by atoms with Crippen molar-refractivity contribution in [2.24, 2.45) is 0 Å². The van der Waals surface area contributed by atoms with Crippen molar-refractivity contribution in [3.05, 3.63) is 42.1 Å². The highest BCUT2D eigenvalue weighted by Gasteiger charge is 1.94. The summed E-state index contributed by atoms with van der Waals surface area (Å²) in [7, 11) is 0. The van der Waals surface area contributed by atoms with Crippen LogP contribution in [0.25, 0.3) is 0 Å². The van der Waals surface area contributed by atoms with Crippen LogP contribution in [0.1, 0.15) is 13.8 Å². The highest BCUT2D eigenvalue weighted by molar-refractivity contribution is 5.92. The number of anilines is 1. The lowest BCUT2D eigenvalue weighted by molar-refractivity contribution is -0.113. The molecular formula is C11H13NO. The Morgan fingerprint density at radius 2 is 1.85 bits per heavy atom. The second-order valence-corrected chi connectivity index (χ2v) is 2.89. The molecule has 2 nitrogen and oxygen atoms in total. The third-order valence-corrected chi connectivity index (χ3v) is 1.78. The van der Waals surface area contributed by atoms with Gasteiger partial charge in [-0.2, -0.15) is 0 Å². The molecule has 0 amide bonds. The molecule has 0 saturated heterocycles. The van der Waals surface area contributed by atoms with Gasteiger partial charge in [0.05, 0.1) is 0 Å². The van der Waals surface area contributed by atoms with Crippen molar-refractivity contribution in [1.82, 2.24) is 0 Å². The molecule has 0 aliphatic heterocycles. The van der Waals surface area contributed by atoms with E-state index in [1.807, 2.05) is 30.3 Å². The van der Waals surface area contributed by atoms with E-state index in [9.17, 15) is 4.79 Å². The highest BCUT2D eigenvalue weighted by Crippen LogP contribution is 2.05. The van der Waals surface area contributed by atoms with E-state index in [0.29, 0.717) is 0 Å². The predicted molar refractivity (Wildman–Crippen MR) is 54.5 cm³/mol. The maximum absolute atomic E-state index is 10.9. The van der Waals surface area contributed by atoms with Gasteiger partial charge in [-0.05, 0) is 26.0 Å². The van der Waals surface area contributed by atoms with Crippen molar-refractivity contribution >= 4 is 11.5 Å². The molecule has 1 N–H and O–H groups in total. The third-order valence-electron chi connectivity index (χ3n) is 1.78. The minimum atomic E-state index is 0.0865. The fourth-order valence-electron chi connectivity index (χ4n) is 0.828. The van der Waals surface area contributed by atoms with Gasteiger partial charge in [-0.3, -0.25) is 4.79 Å². The summed E-state index contributed by atoms with van der Waals surface area (Å²) in [5, 5.41) is 3.04. The van der Waals surface area contributed by atoms with E-state index in [2.05, 4.69) is 5.32 Å². The maximum Gasteiger partial charge on any atom is 0.156 e. The van der Waals surface area contributed by atoms with Crippen molar-refractivity contribution < 1.29 is 4.79 Å². The summed E-state index contributed by atoms with van der Waals surface area (Å²) in [5.74, 6) is 0.0865. The van der Waals surface area contributed by atoms with Crippen LogP contribution in [0.2, 0.25) is 0 Å². The molecule has 0 bridgehead atoms. The predicted octanol–water partition coefficient (Wildman–Crippen LogP) is 2.59. The van der Waals surface area contributed by atoms with Crippen LogP contribution in [0.4, 0.5) is 5.69 Å². The Kier molecular flexibility index (Phi) is 3.26. The summed E-state index contributed by atoms with van der Waals surface area (Å²) in [6, 6.07) is 9.74. The summed E-state index contributed by atoms with van der Waals surface area (Å²) in [6.45, 7) is 3.34. The van der Waals surface area contributed by atoms with Gasteiger partial charge in [-0.1, -0.05) is 18.2 Å². The van der Waals surface area contributed by atoms with E-state index in [-0.39, 0.29) is 5.78 Å². The number of ketones is 1. The lowest BCUT2D eigenvalue weighted by Crippen LogP contribution is -1.96. The summed E-state index contributed by atoms with van der Waals surface area (Å²) >= 11 is 0. The lowest BCUT2D eigenvalue weighted by Gasteiger charge is -2.00.